The zero-order valence-electron chi connectivity index (χ0n) is 8.71. The van der Waals surface area contributed by atoms with Crippen molar-refractivity contribution in [1.29, 1.82) is 0 Å². The second-order valence-corrected chi connectivity index (χ2v) is 6.60. The maximum absolute atomic E-state index is 11.5. The molecule has 2 aliphatic rings. The number of carbonyl (C=O) groups is 1. The van der Waals surface area contributed by atoms with Gasteiger partial charge in [-0.2, -0.15) is 0 Å². The third-order valence-corrected chi connectivity index (χ3v) is 6.53. The van der Waals surface area contributed by atoms with Gasteiger partial charge < -0.3 is 0 Å². The van der Waals surface area contributed by atoms with E-state index in [0.29, 0.717) is 20.9 Å². The van der Waals surface area contributed by atoms with Crippen molar-refractivity contribution < 1.29 is 9.53 Å². The molecule has 1 aliphatic heterocycles. The first-order valence-electron chi connectivity index (χ1n) is 5.20. The van der Waals surface area contributed by atoms with Crippen molar-refractivity contribution in [3.8, 4) is 0 Å². The number of hydrogen-bond donors (Lipinski definition) is 0. The molecule has 2 unspecified atom stereocenters. The molecule has 0 N–H and O–H groups in total. The molecule has 2 nitrogen and oxygen atoms in total. The summed E-state index contributed by atoms with van der Waals surface area (Å²) in [5, 5.41) is 0. The first-order valence-corrected chi connectivity index (χ1v) is 7.05. The second-order valence-electron chi connectivity index (χ2n) is 4.01. The van der Waals surface area contributed by atoms with Crippen LogP contribution < -0.4 is 0 Å². The summed E-state index contributed by atoms with van der Waals surface area (Å²) >= 11 is 0.377. The van der Waals surface area contributed by atoms with Crippen LogP contribution in [0.4, 0.5) is 0 Å². The third kappa shape index (κ3) is 1.64. The van der Waals surface area contributed by atoms with Crippen LogP contribution >= 0.6 is 0 Å². The van der Waals surface area contributed by atoms with Gasteiger partial charge in [-0.15, -0.1) is 0 Å². The second kappa shape index (κ2) is 4.08. The van der Waals surface area contributed by atoms with Crippen LogP contribution in [-0.2, 0) is 9.53 Å². The Bertz CT molecular complexity index is 283. The van der Waals surface area contributed by atoms with Crippen LogP contribution in [0.15, 0.2) is 10.0 Å². The summed E-state index contributed by atoms with van der Waals surface area (Å²) in [5.74, 6) is 0.463. The zero-order chi connectivity index (χ0) is 10.1. The molecule has 0 aromatic carbocycles. The normalized spacial score (nSPS) is 31.6. The standard InChI is InChI=1S/C11H16O2Se/c1-7-8-5-3-4-6-9(8)14-10(7)11(12)13-2/h7,10H,3-6H2,1-2H3. The van der Waals surface area contributed by atoms with Crippen molar-refractivity contribution in [2.75, 3.05) is 7.11 Å². The molecule has 14 heavy (non-hydrogen) atoms. The predicted molar refractivity (Wildman–Crippen MR) is 56.2 cm³/mol. The fourth-order valence-corrected chi connectivity index (χ4v) is 5.62. The molecule has 2 rings (SSSR count). The fourth-order valence-electron chi connectivity index (χ4n) is 2.32. The molecule has 1 aliphatic carbocycles. The van der Waals surface area contributed by atoms with Crippen LogP contribution in [0.5, 0.6) is 0 Å². The molecular formula is C11H16O2Se. The van der Waals surface area contributed by atoms with Crippen LogP contribution in [0.2, 0.25) is 4.82 Å². The molecule has 2 atom stereocenters. The maximum atomic E-state index is 11.5. The fraction of sp³-hybridized carbons (Fsp3) is 0.727. The van der Waals surface area contributed by atoms with Crippen LogP contribution in [-0.4, -0.2) is 28.0 Å². The molecule has 0 saturated heterocycles. The Morgan fingerprint density at radius 3 is 2.79 bits per heavy atom. The van der Waals surface area contributed by atoms with Gasteiger partial charge >= 0.3 is 91.0 Å². The molecule has 78 valence electrons. The topological polar surface area (TPSA) is 26.3 Å². The van der Waals surface area contributed by atoms with E-state index in [2.05, 4.69) is 6.92 Å². The van der Waals surface area contributed by atoms with E-state index in [1.54, 1.807) is 10.0 Å². The average Bonchev–Trinajstić information content (AvgIpc) is 2.56. The summed E-state index contributed by atoms with van der Waals surface area (Å²) in [4.78, 5) is 11.7. The first-order chi connectivity index (χ1) is 6.74. The van der Waals surface area contributed by atoms with Gasteiger partial charge in [-0.05, 0) is 0 Å². The van der Waals surface area contributed by atoms with Gasteiger partial charge in [-0.3, -0.25) is 0 Å². The van der Waals surface area contributed by atoms with E-state index < -0.39 is 0 Å². The van der Waals surface area contributed by atoms with Crippen molar-refractivity contribution in [1.82, 2.24) is 0 Å². The molecule has 0 radical (unpaired) electrons. The molecule has 0 bridgehead atoms. The van der Waals surface area contributed by atoms with Crippen molar-refractivity contribution >= 4 is 20.9 Å². The van der Waals surface area contributed by atoms with Crippen LogP contribution in [0.25, 0.3) is 0 Å². The van der Waals surface area contributed by atoms with E-state index in [1.165, 1.54) is 32.8 Å². The Morgan fingerprint density at radius 1 is 1.43 bits per heavy atom. The minimum atomic E-state index is 0.00639. The summed E-state index contributed by atoms with van der Waals surface area (Å²) in [6.45, 7) is 2.19. The summed E-state index contributed by atoms with van der Waals surface area (Å²) in [6.07, 6.45) is 5.10. The number of carbonyl (C=O) groups excluding carboxylic acids is 1. The molecule has 1 heterocycles. The van der Waals surface area contributed by atoms with Crippen molar-refractivity contribution in [2.24, 2.45) is 5.92 Å². The quantitative estimate of drug-likeness (QED) is 0.532. The van der Waals surface area contributed by atoms with E-state index in [-0.39, 0.29) is 10.8 Å². The Balaban J connectivity index is 2.13. The molecule has 0 amide bonds. The molecule has 0 fully saturated rings. The predicted octanol–water partition coefficient (Wildman–Crippen LogP) is 2.13. The van der Waals surface area contributed by atoms with Gasteiger partial charge in [0.25, 0.3) is 0 Å². The van der Waals surface area contributed by atoms with E-state index in [4.69, 9.17) is 4.74 Å². The molecule has 0 aromatic heterocycles. The van der Waals surface area contributed by atoms with Gasteiger partial charge in [0, 0.05) is 0 Å². The van der Waals surface area contributed by atoms with Gasteiger partial charge in [0.15, 0.2) is 0 Å². The van der Waals surface area contributed by atoms with Crippen LogP contribution in [0, 0.1) is 5.92 Å². The van der Waals surface area contributed by atoms with Gasteiger partial charge in [-0.25, -0.2) is 0 Å². The Morgan fingerprint density at radius 2 is 2.14 bits per heavy atom. The number of allylic oxidation sites excluding steroid dienone is 2. The average molecular weight is 259 g/mol. The molecule has 0 saturated carbocycles. The molecule has 3 heteroatoms. The number of ether oxygens (including phenoxy) is 1. The number of hydrogen-bond acceptors (Lipinski definition) is 2. The summed E-state index contributed by atoms with van der Waals surface area (Å²) in [6, 6.07) is 0. The third-order valence-electron chi connectivity index (χ3n) is 3.16. The Labute approximate surface area is 91.2 Å². The van der Waals surface area contributed by atoms with Crippen molar-refractivity contribution in [3.63, 3.8) is 0 Å². The molecule has 0 aromatic rings. The summed E-state index contributed by atoms with van der Waals surface area (Å²) < 4.78 is 6.48. The summed E-state index contributed by atoms with van der Waals surface area (Å²) in [5.41, 5.74) is 1.59. The van der Waals surface area contributed by atoms with E-state index >= 15 is 0 Å². The van der Waals surface area contributed by atoms with Gasteiger partial charge in [0.2, 0.25) is 0 Å². The number of methoxy groups -OCH3 is 1. The number of rotatable bonds is 1. The van der Waals surface area contributed by atoms with Crippen LogP contribution in [0.1, 0.15) is 32.6 Å². The van der Waals surface area contributed by atoms with Crippen molar-refractivity contribution in [2.45, 2.75) is 37.4 Å². The Hall–Kier alpha value is -0.271. The zero-order valence-corrected chi connectivity index (χ0v) is 10.4. The molecule has 0 spiro atoms. The van der Waals surface area contributed by atoms with Gasteiger partial charge in [0.1, 0.15) is 0 Å². The van der Waals surface area contributed by atoms with E-state index in [1.807, 2.05) is 0 Å². The summed E-state index contributed by atoms with van der Waals surface area (Å²) in [7, 11) is 1.50. The minimum absolute atomic E-state index is 0.00639. The molecular weight excluding hydrogens is 243 g/mol. The van der Waals surface area contributed by atoms with Crippen molar-refractivity contribution in [3.05, 3.63) is 10.0 Å². The van der Waals surface area contributed by atoms with E-state index in [9.17, 15) is 4.79 Å². The van der Waals surface area contributed by atoms with Crippen LogP contribution in [0.3, 0.4) is 0 Å². The van der Waals surface area contributed by atoms with Gasteiger partial charge in [0.05, 0.1) is 0 Å². The monoisotopic (exact) mass is 260 g/mol. The SMILES string of the molecule is COC(=O)C1[Se]C2=C(CCCC2)C1C. The first kappa shape index (κ1) is 10.3. The van der Waals surface area contributed by atoms with Gasteiger partial charge in [-0.1, -0.05) is 0 Å². The Kier molecular flexibility index (Phi) is 2.99. The number of esters is 1. The van der Waals surface area contributed by atoms with E-state index in [0.717, 1.165) is 0 Å².